The Kier molecular flexibility index (Phi) is 9.57. The Morgan fingerprint density at radius 2 is 1.82 bits per heavy atom. The van der Waals surface area contributed by atoms with Gasteiger partial charge in [-0.1, -0.05) is 37.3 Å². The van der Waals surface area contributed by atoms with Crippen LogP contribution in [0.3, 0.4) is 0 Å². The maximum Gasteiger partial charge on any atom is 0.191 e. The second-order valence-corrected chi connectivity index (χ2v) is 7.77. The molecule has 176 valence electrons. The van der Waals surface area contributed by atoms with E-state index in [0.717, 1.165) is 62.1 Å². The smallest absolute Gasteiger partial charge is 0.191 e. The minimum absolute atomic E-state index is 0.593. The van der Waals surface area contributed by atoms with Gasteiger partial charge in [-0.15, -0.1) is 10.2 Å². The number of nitrogens with one attached hydrogen (secondary N) is 2. The fourth-order valence-electron chi connectivity index (χ4n) is 3.44. The average molecular weight is 450 g/mol. The largest absolute Gasteiger partial charge is 0.497 e. The standard InChI is InChI=1S/C25H35N7O/c1-4-24-30-29-20-32(24)18-16-27-25(28-19-21-11-13-23(33-3)14-12-21)26-15-8-17-31(2)22-9-6-5-7-10-22/h5-7,9-14,20H,4,8,15-19H2,1-3H3,(H2,26,27,28). The number of methoxy groups -OCH3 is 1. The molecular weight excluding hydrogens is 414 g/mol. The fraction of sp³-hybridized carbons (Fsp3) is 0.400. The van der Waals surface area contributed by atoms with Gasteiger partial charge in [0.25, 0.3) is 0 Å². The zero-order valence-electron chi connectivity index (χ0n) is 19.9. The van der Waals surface area contributed by atoms with Crippen LogP contribution in [0.1, 0.15) is 24.7 Å². The zero-order chi connectivity index (χ0) is 23.3. The summed E-state index contributed by atoms with van der Waals surface area (Å²) in [5.74, 6) is 2.65. The molecule has 0 spiro atoms. The van der Waals surface area contributed by atoms with Crippen molar-refractivity contribution in [3.63, 3.8) is 0 Å². The minimum Gasteiger partial charge on any atom is -0.497 e. The Morgan fingerprint density at radius 1 is 1.06 bits per heavy atom. The van der Waals surface area contributed by atoms with E-state index in [-0.39, 0.29) is 0 Å². The number of nitrogens with zero attached hydrogens (tertiary/aromatic N) is 5. The van der Waals surface area contributed by atoms with Crippen molar-refractivity contribution >= 4 is 11.6 Å². The molecule has 2 N–H and O–H groups in total. The Balaban J connectivity index is 1.52. The third-order valence-corrected chi connectivity index (χ3v) is 5.40. The lowest BCUT2D eigenvalue weighted by Gasteiger charge is -2.20. The third kappa shape index (κ3) is 7.82. The van der Waals surface area contributed by atoms with E-state index in [1.54, 1.807) is 13.4 Å². The van der Waals surface area contributed by atoms with Gasteiger partial charge >= 0.3 is 0 Å². The van der Waals surface area contributed by atoms with Crippen LogP contribution in [0.25, 0.3) is 0 Å². The van der Waals surface area contributed by atoms with Crippen LogP contribution in [0.2, 0.25) is 0 Å². The molecule has 1 heterocycles. The fourth-order valence-corrected chi connectivity index (χ4v) is 3.44. The van der Waals surface area contributed by atoms with Crippen molar-refractivity contribution in [2.45, 2.75) is 32.9 Å². The lowest BCUT2D eigenvalue weighted by molar-refractivity contribution is 0.414. The van der Waals surface area contributed by atoms with E-state index in [2.05, 4.69) is 68.5 Å². The highest BCUT2D eigenvalue weighted by Crippen LogP contribution is 2.12. The zero-order valence-corrected chi connectivity index (χ0v) is 19.9. The summed E-state index contributed by atoms with van der Waals surface area (Å²) in [7, 11) is 3.80. The molecule has 8 nitrogen and oxygen atoms in total. The normalized spacial score (nSPS) is 11.3. The van der Waals surface area contributed by atoms with E-state index in [1.807, 2.05) is 30.3 Å². The Morgan fingerprint density at radius 3 is 2.55 bits per heavy atom. The summed E-state index contributed by atoms with van der Waals surface area (Å²) in [6.07, 6.45) is 3.65. The van der Waals surface area contributed by atoms with E-state index >= 15 is 0 Å². The van der Waals surface area contributed by atoms with Crippen LogP contribution in [0, 0.1) is 0 Å². The minimum atomic E-state index is 0.593. The second kappa shape index (κ2) is 13.1. The number of rotatable bonds is 12. The van der Waals surface area contributed by atoms with Gasteiger partial charge in [-0.25, -0.2) is 4.99 Å². The number of anilines is 1. The molecule has 0 amide bonds. The molecular formula is C25H35N7O. The molecule has 33 heavy (non-hydrogen) atoms. The highest BCUT2D eigenvalue weighted by atomic mass is 16.5. The summed E-state index contributed by atoms with van der Waals surface area (Å²) in [6.45, 7) is 6.00. The van der Waals surface area contributed by atoms with E-state index in [4.69, 9.17) is 9.73 Å². The number of benzene rings is 2. The molecule has 0 aliphatic rings. The molecule has 0 atom stereocenters. The van der Waals surface area contributed by atoms with Gasteiger partial charge in [0.1, 0.15) is 17.9 Å². The third-order valence-electron chi connectivity index (χ3n) is 5.40. The van der Waals surface area contributed by atoms with Crippen LogP contribution < -0.4 is 20.3 Å². The van der Waals surface area contributed by atoms with Crippen molar-refractivity contribution in [1.29, 1.82) is 0 Å². The van der Waals surface area contributed by atoms with Gasteiger partial charge in [0.15, 0.2) is 5.96 Å². The molecule has 0 saturated carbocycles. The lowest BCUT2D eigenvalue weighted by Crippen LogP contribution is -2.40. The molecule has 0 bridgehead atoms. The molecule has 3 aromatic rings. The van der Waals surface area contributed by atoms with Gasteiger partial charge in [0, 0.05) is 45.3 Å². The van der Waals surface area contributed by atoms with Crippen LogP contribution in [0.15, 0.2) is 65.9 Å². The first-order valence-corrected chi connectivity index (χ1v) is 11.5. The van der Waals surface area contributed by atoms with Crippen molar-refractivity contribution in [3.05, 3.63) is 72.3 Å². The van der Waals surface area contributed by atoms with Gasteiger partial charge in [-0.2, -0.15) is 0 Å². The van der Waals surface area contributed by atoms with E-state index in [9.17, 15) is 0 Å². The summed E-state index contributed by atoms with van der Waals surface area (Å²) in [5.41, 5.74) is 2.36. The predicted octanol–water partition coefficient (Wildman–Crippen LogP) is 3.11. The molecule has 0 aliphatic carbocycles. The molecule has 1 aromatic heterocycles. The average Bonchev–Trinajstić information content (AvgIpc) is 3.33. The van der Waals surface area contributed by atoms with Crippen molar-refractivity contribution < 1.29 is 4.74 Å². The van der Waals surface area contributed by atoms with Gasteiger partial charge in [0.05, 0.1) is 13.7 Å². The number of guanidine groups is 1. The van der Waals surface area contributed by atoms with Crippen molar-refractivity contribution in [1.82, 2.24) is 25.4 Å². The highest BCUT2D eigenvalue weighted by Gasteiger charge is 2.04. The van der Waals surface area contributed by atoms with Crippen LogP contribution in [0.4, 0.5) is 5.69 Å². The summed E-state index contributed by atoms with van der Waals surface area (Å²) >= 11 is 0. The van der Waals surface area contributed by atoms with Gasteiger partial charge < -0.3 is 24.8 Å². The summed E-state index contributed by atoms with van der Waals surface area (Å²) in [4.78, 5) is 7.05. The van der Waals surface area contributed by atoms with E-state index in [0.29, 0.717) is 6.54 Å². The number of ether oxygens (including phenoxy) is 1. The van der Waals surface area contributed by atoms with Crippen LogP contribution in [-0.4, -0.2) is 54.5 Å². The maximum absolute atomic E-state index is 5.24. The monoisotopic (exact) mass is 449 g/mol. The van der Waals surface area contributed by atoms with Crippen LogP contribution in [-0.2, 0) is 19.5 Å². The molecule has 0 radical (unpaired) electrons. The lowest BCUT2D eigenvalue weighted by atomic mass is 10.2. The summed E-state index contributed by atoms with van der Waals surface area (Å²) in [5, 5.41) is 15.1. The van der Waals surface area contributed by atoms with Crippen LogP contribution in [0.5, 0.6) is 5.75 Å². The van der Waals surface area contributed by atoms with Crippen molar-refractivity contribution in [2.24, 2.45) is 4.99 Å². The Hall–Kier alpha value is -3.55. The second-order valence-electron chi connectivity index (χ2n) is 7.77. The Bertz CT molecular complexity index is 970. The quantitative estimate of drug-likeness (QED) is 0.251. The van der Waals surface area contributed by atoms with Gasteiger partial charge in [-0.05, 0) is 36.2 Å². The number of aryl methyl sites for hydroxylation is 1. The maximum atomic E-state index is 5.24. The molecule has 0 aliphatic heterocycles. The number of aliphatic imine (C=N–C) groups is 1. The molecule has 0 saturated heterocycles. The molecule has 0 unspecified atom stereocenters. The first kappa shape index (κ1) is 24.1. The summed E-state index contributed by atoms with van der Waals surface area (Å²) in [6, 6.07) is 18.4. The molecule has 0 fully saturated rings. The van der Waals surface area contributed by atoms with Gasteiger partial charge in [0.2, 0.25) is 0 Å². The van der Waals surface area contributed by atoms with Gasteiger partial charge in [-0.3, -0.25) is 0 Å². The number of hydrogen-bond donors (Lipinski definition) is 2. The highest BCUT2D eigenvalue weighted by molar-refractivity contribution is 5.79. The van der Waals surface area contributed by atoms with E-state index in [1.165, 1.54) is 5.69 Å². The predicted molar refractivity (Wildman–Crippen MR) is 134 cm³/mol. The van der Waals surface area contributed by atoms with E-state index < -0.39 is 0 Å². The number of para-hydroxylation sites is 1. The van der Waals surface area contributed by atoms with Crippen LogP contribution >= 0.6 is 0 Å². The van der Waals surface area contributed by atoms with Crippen molar-refractivity contribution in [2.75, 3.05) is 38.7 Å². The number of hydrogen-bond acceptors (Lipinski definition) is 5. The van der Waals surface area contributed by atoms with Crippen molar-refractivity contribution in [3.8, 4) is 5.75 Å². The molecule has 8 heteroatoms. The Labute approximate surface area is 196 Å². The number of aromatic nitrogens is 3. The first-order chi connectivity index (χ1) is 16.2. The summed E-state index contributed by atoms with van der Waals surface area (Å²) < 4.78 is 7.31. The molecule has 2 aromatic carbocycles. The topological polar surface area (TPSA) is 79.6 Å². The SMILES string of the molecule is CCc1nncn1CCNC(=NCc1ccc(OC)cc1)NCCCN(C)c1ccccc1. The molecule has 3 rings (SSSR count). The first-order valence-electron chi connectivity index (χ1n) is 11.5.